The largest absolute Gasteiger partial charge is 0.481 e. The summed E-state index contributed by atoms with van der Waals surface area (Å²) in [6.45, 7) is 0. The Hall–Kier alpha value is -2.83. The van der Waals surface area contributed by atoms with E-state index >= 15 is 0 Å². The van der Waals surface area contributed by atoms with Crippen molar-refractivity contribution in [2.24, 2.45) is 11.8 Å². The van der Waals surface area contributed by atoms with Crippen molar-refractivity contribution < 1.29 is 29.1 Å². The molecule has 7 nitrogen and oxygen atoms in total. The van der Waals surface area contributed by atoms with Gasteiger partial charge in [-0.25, -0.2) is 4.90 Å². The van der Waals surface area contributed by atoms with E-state index in [2.05, 4.69) is 0 Å². The first kappa shape index (κ1) is 14.1. The third-order valence-electron chi connectivity index (χ3n) is 3.85. The molecule has 3 amide bonds. The zero-order chi connectivity index (χ0) is 16.0. The number of carboxylic acid groups (broad SMARTS) is 1. The first-order valence-corrected chi connectivity index (χ1v) is 6.72. The fraction of sp³-hybridized carbons (Fsp3) is 0.267. The quantitative estimate of drug-likeness (QED) is 0.492. The van der Waals surface area contributed by atoms with Crippen molar-refractivity contribution in [3.8, 4) is 0 Å². The molecule has 1 aliphatic carbocycles. The Balaban J connectivity index is 1.90. The molecule has 1 heterocycles. The fourth-order valence-electron chi connectivity index (χ4n) is 2.57. The molecule has 112 valence electrons. The molecule has 0 radical (unpaired) electrons. The minimum absolute atomic E-state index is 0.0342. The van der Waals surface area contributed by atoms with Crippen molar-refractivity contribution >= 4 is 29.5 Å². The molecule has 1 saturated carbocycles. The zero-order valence-corrected chi connectivity index (χ0v) is 11.3. The Labute approximate surface area is 124 Å². The summed E-state index contributed by atoms with van der Waals surface area (Å²) in [6.07, 6.45) is 1.08. The molecular formula is C15H11NO6. The molecule has 1 aromatic carbocycles. The van der Waals surface area contributed by atoms with Gasteiger partial charge in [-0.05, 0) is 30.9 Å². The first-order chi connectivity index (χ1) is 10.4. The Morgan fingerprint density at radius 3 is 1.95 bits per heavy atom. The number of aliphatic carboxylic acids is 1. The molecule has 1 aliphatic heterocycles. The van der Waals surface area contributed by atoms with Crippen LogP contribution in [0.1, 0.15) is 33.6 Å². The van der Waals surface area contributed by atoms with E-state index in [0.29, 0.717) is 12.8 Å². The van der Waals surface area contributed by atoms with Gasteiger partial charge in [-0.1, -0.05) is 12.1 Å². The Kier molecular flexibility index (Phi) is 3.13. The average molecular weight is 301 g/mol. The monoisotopic (exact) mass is 301 g/mol. The summed E-state index contributed by atoms with van der Waals surface area (Å²) in [6, 6.07) is 5.82. The number of carbonyl (C=O) groups is 5. The van der Waals surface area contributed by atoms with E-state index in [9.17, 15) is 24.0 Å². The van der Waals surface area contributed by atoms with Crippen molar-refractivity contribution in [1.29, 1.82) is 0 Å². The van der Waals surface area contributed by atoms with Crippen LogP contribution < -0.4 is 0 Å². The highest BCUT2D eigenvalue weighted by molar-refractivity contribution is 6.48. The number of Topliss-reactive ketones (excluding diaryl/α,β-unsaturated/α-hetero) is 1. The number of amides is 3. The normalized spacial score (nSPS) is 18.1. The van der Waals surface area contributed by atoms with Crippen molar-refractivity contribution in [3.63, 3.8) is 0 Å². The summed E-state index contributed by atoms with van der Waals surface area (Å²) in [5, 5.41) is 9.09. The van der Waals surface area contributed by atoms with Gasteiger partial charge in [0.25, 0.3) is 11.8 Å². The Morgan fingerprint density at radius 1 is 1.05 bits per heavy atom. The van der Waals surface area contributed by atoms with Crippen LogP contribution in [-0.4, -0.2) is 39.5 Å². The molecular weight excluding hydrogens is 290 g/mol. The summed E-state index contributed by atoms with van der Waals surface area (Å²) < 4.78 is 0. The zero-order valence-electron chi connectivity index (χ0n) is 11.3. The van der Waals surface area contributed by atoms with Crippen LogP contribution in [0, 0.1) is 11.8 Å². The maximum absolute atomic E-state index is 12.2. The molecule has 7 heteroatoms. The topological polar surface area (TPSA) is 109 Å². The van der Waals surface area contributed by atoms with Gasteiger partial charge in [-0.3, -0.25) is 24.0 Å². The van der Waals surface area contributed by atoms with Crippen LogP contribution in [0.5, 0.6) is 0 Å². The van der Waals surface area contributed by atoms with Gasteiger partial charge in [0.1, 0.15) is 5.92 Å². The Morgan fingerprint density at radius 2 is 1.55 bits per heavy atom. The lowest BCUT2D eigenvalue weighted by atomic mass is 9.97. The first-order valence-electron chi connectivity index (χ1n) is 6.72. The van der Waals surface area contributed by atoms with Crippen LogP contribution in [0.25, 0.3) is 0 Å². The second kappa shape index (κ2) is 4.87. The number of imide groups is 3. The molecule has 0 aromatic heterocycles. The van der Waals surface area contributed by atoms with Gasteiger partial charge in [0.15, 0.2) is 0 Å². The van der Waals surface area contributed by atoms with E-state index in [1.54, 1.807) is 0 Å². The molecule has 1 N–H and O–H groups in total. The van der Waals surface area contributed by atoms with E-state index in [1.165, 1.54) is 24.3 Å². The molecule has 1 atom stereocenters. The minimum Gasteiger partial charge on any atom is -0.481 e. The molecule has 1 aromatic rings. The number of nitrogens with zero attached hydrogens (tertiary/aromatic N) is 1. The molecule has 2 aliphatic rings. The summed E-state index contributed by atoms with van der Waals surface area (Å²) in [5.41, 5.74) is 0.0684. The standard InChI is InChI=1S/C15H11NO6/c17-11(10(15(21)22)7-5-6-7)14(20)16-12(18)8-3-1-2-4-9(8)13(16)19/h1-4,7,10H,5-6H2,(H,21,22). The number of rotatable bonds is 4. The van der Waals surface area contributed by atoms with Gasteiger partial charge in [0.05, 0.1) is 11.1 Å². The van der Waals surface area contributed by atoms with Gasteiger partial charge < -0.3 is 5.11 Å². The highest BCUT2D eigenvalue weighted by Crippen LogP contribution is 2.38. The lowest BCUT2D eigenvalue weighted by Crippen LogP contribution is -2.45. The van der Waals surface area contributed by atoms with Crippen LogP contribution in [0.4, 0.5) is 0 Å². The summed E-state index contributed by atoms with van der Waals surface area (Å²) in [7, 11) is 0. The molecule has 0 spiro atoms. The second-order valence-electron chi connectivity index (χ2n) is 5.31. The number of fused-ring (bicyclic) bond motifs is 1. The Bertz CT molecular complexity index is 698. The number of hydrogen-bond acceptors (Lipinski definition) is 5. The van der Waals surface area contributed by atoms with Gasteiger partial charge in [-0.2, -0.15) is 0 Å². The van der Waals surface area contributed by atoms with E-state index in [-0.39, 0.29) is 16.0 Å². The number of benzene rings is 1. The van der Waals surface area contributed by atoms with Crippen LogP contribution in [0.15, 0.2) is 24.3 Å². The summed E-state index contributed by atoms with van der Waals surface area (Å²) >= 11 is 0. The van der Waals surface area contributed by atoms with Crippen molar-refractivity contribution in [3.05, 3.63) is 35.4 Å². The van der Waals surface area contributed by atoms with E-state index in [0.717, 1.165) is 0 Å². The van der Waals surface area contributed by atoms with Gasteiger partial charge in [0, 0.05) is 0 Å². The van der Waals surface area contributed by atoms with Crippen molar-refractivity contribution in [2.45, 2.75) is 12.8 Å². The second-order valence-corrected chi connectivity index (χ2v) is 5.31. The third kappa shape index (κ3) is 2.02. The van der Waals surface area contributed by atoms with Crippen LogP contribution in [0.2, 0.25) is 0 Å². The summed E-state index contributed by atoms with van der Waals surface area (Å²) in [5.74, 6) is -7.66. The van der Waals surface area contributed by atoms with Crippen LogP contribution >= 0.6 is 0 Å². The van der Waals surface area contributed by atoms with Gasteiger partial charge in [-0.15, -0.1) is 0 Å². The van der Waals surface area contributed by atoms with Crippen molar-refractivity contribution in [1.82, 2.24) is 4.90 Å². The molecule has 3 rings (SSSR count). The predicted molar refractivity (Wildman–Crippen MR) is 70.8 cm³/mol. The fourth-order valence-corrected chi connectivity index (χ4v) is 2.57. The SMILES string of the molecule is O=C(O)C(C(=O)C(=O)N1C(=O)c2ccccc2C1=O)C1CC1. The third-order valence-corrected chi connectivity index (χ3v) is 3.85. The van der Waals surface area contributed by atoms with Crippen LogP contribution in [-0.2, 0) is 14.4 Å². The highest BCUT2D eigenvalue weighted by Gasteiger charge is 2.49. The molecule has 0 bridgehead atoms. The number of ketones is 1. The maximum atomic E-state index is 12.2. The lowest BCUT2D eigenvalue weighted by Gasteiger charge is -2.14. The maximum Gasteiger partial charge on any atom is 0.314 e. The van der Waals surface area contributed by atoms with Crippen molar-refractivity contribution in [2.75, 3.05) is 0 Å². The van der Waals surface area contributed by atoms with Gasteiger partial charge >= 0.3 is 11.9 Å². The number of carbonyl (C=O) groups excluding carboxylic acids is 4. The smallest absolute Gasteiger partial charge is 0.314 e. The number of carboxylic acids is 1. The van der Waals surface area contributed by atoms with Gasteiger partial charge in [0.2, 0.25) is 5.78 Å². The molecule has 1 unspecified atom stereocenters. The van der Waals surface area contributed by atoms with E-state index in [1.807, 2.05) is 0 Å². The summed E-state index contributed by atoms with van der Waals surface area (Å²) in [4.78, 5) is 59.9. The predicted octanol–water partition coefficient (Wildman–Crippen LogP) is 0.489. The molecule has 22 heavy (non-hydrogen) atoms. The van der Waals surface area contributed by atoms with Crippen LogP contribution in [0.3, 0.4) is 0 Å². The molecule has 1 fully saturated rings. The number of hydrogen-bond donors (Lipinski definition) is 1. The van der Waals surface area contributed by atoms with E-state index in [4.69, 9.17) is 5.11 Å². The lowest BCUT2D eigenvalue weighted by molar-refractivity contribution is -0.153. The molecule has 0 saturated heterocycles. The van der Waals surface area contributed by atoms with E-state index < -0.39 is 41.3 Å². The highest BCUT2D eigenvalue weighted by atomic mass is 16.4. The minimum atomic E-state index is -1.49. The average Bonchev–Trinajstić information content (AvgIpc) is 3.27.